The molecule has 1 aliphatic heterocycles. The van der Waals surface area contributed by atoms with Crippen molar-refractivity contribution in [2.24, 2.45) is 0 Å². The maximum Gasteiger partial charge on any atom is 0.108 e. The Balaban J connectivity index is 2.02. The Morgan fingerprint density at radius 3 is 2.79 bits per heavy atom. The van der Waals surface area contributed by atoms with Gasteiger partial charge in [0.25, 0.3) is 0 Å². The van der Waals surface area contributed by atoms with E-state index in [1.54, 1.807) is 0 Å². The Kier molecular flexibility index (Phi) is 4.50. The maximum absolute atomic E-state index is 9.54. The van der Waals surface area contributed by atoms with Crippen molar-refractivity contribution in [1.29, 1.82) is 5.26 Å². The highest BCUT2D eigenvalue weighted by Gasteiger charge is 2.43. The Labute approximate surface area is 117 Å². The zero-order chi connectivity index (χ0) is 14.0. The van der Waals surface area contributed by atoms with Gasteiger partial charge in [0.1, 0.15) is 5.54 Å². The minimum Gasteiger partial charge on any atom is -0.376 e. The lowest BCUT2D eigenvalue weighted by molar-refractivity contribution is -0.0655. The van der Waals surface area contributed by atoms with Crippen LogP contribution in [-0.2, 0) is 4.74 Å². The fraction of sp³-hybridized carbons (Fsp3) is 0.933. The highest BCUT2D eigenvalue weighted by atomic mass is 16.5. The number of nitrogens with one attached hydrogen (secondary N) is 1. The molecule has 4 heteroatoms. The van der Waals surface area contributed by atoms with E-state index in [2.05, 4.69) is 44.0 Å². The largest absolute Gasteiger partial charge is 0.376 e. The number of ether oxygens (including phenoxy) is 1. The molecule has 1 aliphatic carbocycles. The Morgan fingerprint density at radius 1 is 1.42 bits per heavy atom. The van der Waals surface area contributed by atoms with E-state index in [-0.39, 0.29) is 5.54 Å². The van der Waals surface area contributed by atoms with Crippen LogP contribution in [0, 0.1) is 11.3 Å². The number of nitrogens with zero attached hydrogens (tertiary/aromatic N) is 2. The van der Waals surface area contributed by atoms with Crippen molar-refractivity contribution < 1.29 is 4.74 Å². The highest BCUT2D eigenvalue weighted by Crippen LogP contribution is 2.35. The van der Waals surface area contributed by atoms with E-state index in [9.17, 15) is 5.26 Å². The first-order valence-corrected chi connectivity index (χ1v) is 7.52. The summed E-state index contributed by atoms with van der Waals surface area (Å²) in [6, 6.07) is 3.88. The minimum absolute atomic E-state index is 0.311. The molecule has 1 saturated carbocycles. The fourth-order valence-electron chi connectivity index (χ4n) is 3.56. The Bertz CT molecular complexity index is 352. The molecular formula is C15H27N3O. The lowest BCUT2D eigenvalue weighted by Crippen LogP contribution is -2.53. The third-order valence-electron chi connectivity index (χ3n) is 4.39. The van der Waals surface area contributed by atoms with Crippen molar-refractivity contribution in [3.63, 3.8) is 0 Å². The summed E-state index contributed by atoms with van der Waals surface area (Å²) in [4.78, 5) is 2.55. The van der Waals surface area contributed by atoms with Crippen LogP contribution in [-0.4, -0.2) is 47.8 Å². The van der Waals surface area contributed by atoms with Crippen molar-refractivity contribution in [2.75, 3.05) is 13.2 Å². The van der Waals surface area contributed by atoms with Gasteiger partial charge in [-0.25, -0.2) is 0 Å². The predicted molar refractivity (Wildman–Crippen MR) is 75.8 cm³/mol. The van der Waals surface area contributed by atoms with Crippen LogP contribution in [0.1, 0.15) is 47.0 Å². The molecule has 0 amide bonds. The molecule has 2 rings (SSSR count). The molecule has 0 aromatic carbocycles. The summed E-state index contributed by atoms with van der Waals surface area (Å²) in [5, 5.41) is 13.0. The summed E-state index contributed by atoms with van der Waals surface area (Å²) < 4.78 is 5.70. The molecule has 108 valence electrons. The second-order valence-corrected chi connectivity index (χ2v) is 6.58. The van der Waals surface area contributed by atoms with Gasteiger partial charge in [0.05, 0.1) is 18.8 Å². The molecule has 1 heterocycles. The van der Waals surface area contributed by atoms with Gasteiger partial charge in [-0.3, -0.25) is 10.2 Å². The fourth-order valence-corrected chi connectivity index (χ4v) is 3.56. The zero-order valence-electron chi connectivity index (χ0n) is 12.6. The van der Waals surface area contributed by atoms with E-state index in [1.165, 1.54) is 0 Å². The second-order valence-electron chi connectivity index (χ2n) is 6.58. The number of nitriles is 1. The predicted octanol–water partition coefficient (Wildman–Crippen LogP) is 1.91. The molecule has 4 nitrogen and oxygen atoms in total. The quantitative estimate of drug-likeness (QED) is 0.847. The minimum atomic E-state index is -0.319. The number of hydrogen-bond acceptors (Lipinski definition) is 4. The molecule has 0 spiro atoms. The van der Waals surface area contributed by atoms with Gasteiger partial charge in [-0.05, 0) is 47.0 Å². The van der Waals surface area contributed by atoms with Crippen LogP contribution < -0.4 is 5.32 Å². The second kappa shape index (κ2) is 5.78. The maximum atomic E-state index is 9.54. The third kappa shape index (κ3) is 3.28. The highest BCUT2D eigenvalue weighted by molar-refractivity contribution is 5.14. The van der Waals surface area contributed by atoms with E-state index in [1.807, 2.05) is 0 Å². The molecule has 2 fully saturated rings. The van der Waals surface area contributed by atoms with E-state index in [0.717, 1.165) is 32.4 Å². The summed E-state index contributed by atoms with van der Waals surface area (Å²) in [6.45, 7) is 10.4. The van der Waals surface area contributed by atoms with Crippen LogP contribution in [0.3, 0.4) is 0 Å². The van der Waals surface area contributed by atoms with E-state index < -0.39 is 0 Å². The summed E-state index contributed by atoms with van der Waals surface area (Å²) >= 11 is 0. The van der Waals surface area contributed by atoms with Crippen molar-refractivity contribution in [1.82, 2.24) is 10.2 Å². The average molecular weight is 265 g/mol. The smallest absolute Gasteiger partial charge is 0.108 e. The van der Waals surface area contributed by atoms with Crippen LogP contribution in [0.4, 0.5) is 0 Å². The van der Waals surface area contributed by atoms with Crippen molar-refractivity contribution >= 4 is 0 Å². The van der Waals surface area contributed by atoms with Gasteiger partial charge < -0.3 is 4.74 Å². The molecule has 0 radical (unpaired) electrons. The number of hydrogen-bond donors (Lipinski definition) is 1. The van der Waals surface area contributed by atoms with Crippen LogP contribution in [0.2, 0.25) is 0 Å². The summed E-state index contributed by atoms with van der Waals surface area (Å²) in [7, 11) is 0. The topological polar surface area (TPSA) is 48.3 Å². The van der Waals surface area contributed by atoms with Gasteiger partial charge in [-0.2, -0.15) is 5.26 Å². The van der Waals surface area contributed by atoms with Gasteiger partial charge in [0, 0.05) is 24.7 Å². The van der Waals surface area contributed by atoms with Gasteiger partial charge in [0.15, 0.2) is 0 Å². The van der Waals surface area contributed by atoms with Crippen LogP contribution in [0.5, 0.6) is 0 Å². The zero-order valence-corrected chi connectivity index (χ0v) is 12.6. The van der Waals surface area contributed by atoms with Crippen molar-refractivity contribution in [2.45, 2.75) is 76.7 Å². The van der Waals surface area contributed by atoms with E-state index in [4.69, 9.17) is 4.74 Å². The molecule has 1 N–H and O–H groups in total. The summed E-state index contributed by atoms with van der Waals surface area (Å²) in [6.07, 6.45) is 3.33. The molecule has 2 aliphatic rings. The first-order chi connectivity index (χ1) is 8.96. The molecule has 1 saturated heterocycles. The van der Waals surface area contributed by atoms with Crippen molar-refractivity contribution in [3.8, 4) is 6.07 Å². The number of morpholine rings is 1. The molecule has 4 atom stereocenters. The first-order valence-electron chi connectivity index (χ1n) is 7.52. The lowest BCUT2D eigenvalue weighted by Gasteiger charge is -2.41. The molecule has 0 aromatic heterocycles. The monoisotopic (exact) mass is 265 g/mol. The Hall–Kier alpha value is -0.630. The van der Waals surface area contributed by atoms with E-state index >= 15 is 0 Å². The van der Waals surface area contributed by atoms with Gasteiger partial charge >= 0.3 is 0 Å². The molecule has 19 heavy (non-hydrogen) atoms. The summed E-state index contributed by atoms with van der Waals surface area (Å²) in [5.41, 5.74) is -0.319. The van der Waals surface area contributed by atoms with Gasteiger partial charge in [-0.15, -0.1) is 0 Å². The molecule has 0 bridgehead atoms. The molecule has 0 aromatic rings. The average Bonchev–Trinajstić information content (AvgIpc) is 2.76. The van der Waals surface area contributed by atoms with Gasteiger partial charge in [0.2, 0.25) is 0 Å². The van der Waals surface area contributed by atoms with Crippen LogP contribution >= 0.6 is 0 Å². The van der Waals surface area contributed by atoms with Crippen LogP contribution in [0.15, 0.2) is 0 Å². The first kappa shape index (κ1) is 14.8. The SMILES string of the molecule is CC(C)NC1(C#N)CCC(N2CC(C)OCC2C)C1. The van der Waals surface area contributed by atoms with E-state index in [0.29, 0.717) is 24.2 Å². The summed E-state index contributed by atoms with van der Waals surface area (Å²) in [5.74, 6) is 0. The third-order valence-corrected chi connectivity index (χ3v) is 4.39. The molecular weight excluding hydrogens is 238 g/mol. The standard InChI is InChI=1S/C15H27N3O/c1-11(2)17-15(10-16)6-5-14(7-15)18-8-13(4)19-9-12(18)3/h11-14,17H,5-9H2,1-4H3. The normalized spacial score (nSPS) is 40.5. The van der Waals surface area contributed by atoms with Gasteiger partial charge in [-0.1, -0.05) is 0 Å². The van der Waals surface area contributed by atoms with Crippen LogP contribution in [0.25, 0.3) is 0 Å². The lowest BCUT2D eigenvalue weighted by atomic mass is 9.97. The Morgan fingerprint density at radius 2 is 2.16 bits per heavy atom. The number of rotatable bonds is 3. The molecule has 4 unspecified atom stereocenters. The van der Waals surface area contributed by atoms with Crippen molar-refractivity contribution in [3.05, 3.63) is 0 Å².